The predicted octanol–water partition coefficient (Wildman–Crippen LogP) is 3.80. The highest BCUT2D eigenvalue weighted by molar-refractivity contribution is 5.92. The van der Waals surface area contributed by atoms with Gasteiger partial charge in [0.15, 0.2) is 0 Å². The second kappa shape index (κ2) is 8.27. The Morgan fingerprint density at radius 3 is 2.48 bits per heavy atom. The first-order valence-corrected chi connectivity index (χ1v) is 9.48. The van der Waals surface area contributed by atoms with Gasteiger partial charge in [0.25, 0.3) is 0 Å². The van der Waals surface area contributed by atoms with Crippen molar-refractivity contribution in [2.24, 2.45) is 0 Å². The summed E-state index contributed by atoms with van der Waals surface area (Å²) in [6.07, 6.45) is 0.831. The van der Waals surface area contributed by atoms with Crippen LogP contribution in [0.5, 0.6) is 0 Å². The fourth-order valence-electron chi connectivity index (χ4n) is 3.48. The van der Waals surface area contributed by atoms with E-state index in [4.69, 9.17) is 9.15 Å². The average Bonchev–Trinajstić information content (AvgIpc) is 3.17. The van der Waals surface area contributed by atoms with Crippen LogP contribution in [0.3, 0.4) is 0 Å². The number of esters is 1. The minimum atomic E-state index is -0.389. The number of rotatable bonds is 6. The molecule has 0 atom stereocenters. The number of anilines is 1. The van der Waals surface area contributed by atoms with Gasteiger partial charge >= 0.3 is 5.97 Å². The topological polar surface area (TPSA) is 45.9 Å². The first-order chi connectivity index (χ1) is 13.3. The zero-order valence-corrected chi connectivity index (χ0v) is 15.3. The second-order valence-electron chi connectivity index (χ2n) is 6.80. The van der Waals surface area contributed by atoms with Gasteiger partial charge in [-0.05, 0) is 30.7 Å². The lowest BCUT2D eigenvalue weighted by atomic mass is 10.2. The van der Waals surface area contributed by atoms with Crippen LogP contribution in [0, 0.1) is 0 Å². The SMILES string of the molecule is O=C(OCCCN1CCN(c2ccccc2)CC1)c1cc2ccccc2o1. The number of carbonyl (C=O) groups excluding carboxylic acids is 1. The van der Waals surface area contributed by atoms with Gasteiger partial charge in [0.05, 0.1) is 6.61 Å². The zero-order chi connectivity index (χ0) is 18.5. The Morgan fingerprint density at radius 2 is 1.70 bits per heavy atom. The number of fused-ring (bicyclic) bond motifs is 1. The molecule has 1 saturated heterocycles. The molecule has 0 N–H and O–H groups in total. The molecule has 0 amide bonds. The standard InChI is InChI=1S/C22H24N2O3/c25-22(21-17-18-7-4-5-10-20(18)27-21)26-16-6-11-23-12-14-24(15-13-23)19-8-2-1-3-9-19/h1-5,7-10,17H,6,11-16H2. The molecule has 1 aliphatic rings. The molecule has 140 valence electrons. The molecular weight excluding hydrogens is 340 g/mol. The van der Waals surface area contributed by atoms with Gasteiger partial charge in [0.1, 0.15) is 5.58 Å². The third-order valence-electron chi connectivity index (χ3n) is 4.97. The molecule has 5 nitrogen and oxygen atoms in total. The summed E-state index contributed by atoms with van der Waals surface area (Å²) in [5.41, 5.74) is 2.00. The van der Waals surface area contributed by atoms with Crippen LogP contribution in [0.4, 0.5) is 5.69 Å². The first kappa shape index (κ1) is 17.6. The first-order valence-electron chi connectivity index (χ1n) is 9.48. The number of para-hydroxylation sites is 2. The molecule has 1 aliphatic heterocycles. The highest BCUT2D eigenvalue weighted by Crippen LogP contribution is 2.19. The van der Waals surface area contributed by atoms with E-state index in [2.05, 4.69) is 34.1 Å². The summed E-state index contributed by atoms with van der Waals surface area (Å²) < 4.78 is 10.9. The van der Waals surface area contributed by atoms with Gasteiger partial charge in [-0.25, -0.2) is 4.79 Å². The second-order valence-corrected chi connectivity index (χ2v) is 6.80. The van der Waals surface area contributed by atoms with Crippen molar-refractivity contribution in [3.05, 3.63) is 66.4 Å². The van der Waals surface area contributed by atoms with Crippen molar-refractivity contribution in [1.29, 1.82) is 0 Å². The molecule has 2 heterocycles. The molecule has 27 heavy (non-hydrogen) atoms. The van der Waals surface area contributed by atoms with Crippen LogP contribution in [0.25, 0.3) is 11.0 Å². The van der Waals surface area contributed by atoms with Gasteiger partial charge < -0.3 is 14.1 Å². The van der Waals surface area contributed by atoms with Crippen LogP contribution in [-0.2, 0) is 4.74 Å². The molecular formula is C22H24N2O3. The number of ether oxygens (including phenoxy) is 1. The van der Waals surface area contributed by atoms with Crippen molar-refractivity contribution in [3.63, 3.8) is 0 Å². The highest BCUT2D eigenvalue weighted by Gasteiger charge is 2.17. The fourth-order valence-corrected chi connectivity index (χ4v) is 3.48. The molecule has 0 aliphatic carbocycles. The molecule has 1 fully saturated rings. The van der Waals surface area contributed by atoms with E-state index in [-0.39, 0.29) is 11.7 Å². The van der Waals surface area contributed by atoms with E-state index >= 15 is 0 Å². The van der Waals surface area contributed by atoms with Crippen LogP contribution >= 0.6 is 0 Å². The third-order valence-corrected chi connectivity index (χ3v) is 4.97. The van der Waals surface area contributed by atoms with Crippen molar-refractivity contribution < 1.29 is 13.9 Å². The molecule has 0 saturated carbocycles. The Balaban J connectivity index is 1.18. The molecule has 0 bridgehead atoms. The molecule has 2 aromatic carbocycles. The number of hydrogen-bond donors (Lipinski definition) is 0. The molecule has 0 unspecified atom stereocenters. The lowest BCUT2D eigenvalue weighted by Crippen LogP contribution is -2.46. The molecule has 1 aromatic heterocycles. The van der Waals surface area contributed by atoms with Gasteiger partial charge in [-0.2, -0.15) is 0 Å². The van der Waals surface area contributed by atoms with E-state index in [1.54, 1.807) is 6.07 Å². The summed E-state index contributed by atoms with van der Waals surface area (Å²) in [5, 5.41) is 0.917. The minimum absolute atomic E-state index is 0.271. The Kier molecular flexibility index (Phi) is 5.39. The predicted molar refractivity (Wildman–Crippen MR) is 106 cm³/mol. The summed E-state index contributed by atoms with van der Waals surface area (Å²) >= 11 is 0. The minimum Gasteiger partial charge on any atom is -0.460 e. The Labute approximate surface area is 159 Å². The molecule has 4 rings (SSSR count). The number of hydrogen-bond acceptors (Lipinski definition) is 5. The van der Waals surface area contributed by atoms with E-state index in [0.29, 0.717) is 12.2 Å². The van der Waals surface area contributed by atoms with Crippen molar-refractivity contribution in [2.45, 2.75) is 6.42 Å². The van der Waals surface area contributed by atoms with Crippen molar-refractivity contribution in [3.8, 4) is 0 Å². The monoisotopic (exact) mass is 364 g/mol. The van der Waals surface area contributed by atoms with E-state index in [1.807, 2.05) is 30.3 Å². The van der Waals surface area contributed by atoms with Crippen molar-refractivity contribution in [1.82, 2.24) is 4.90 Å². The van der Waals surface area contributed by atoms with Gasteiger partial charge in [-0.3, -0.25) is 4.90 Å². The number of carbonyl (C=O) groups is 1. The van der Waals surface area contributed by atoms with Crippen molar-refractivity contribution in [2.75, 3.05) is 44.2 Å². The summed E-state index contributed by atoms with van der Waals surface area (Å²) in [4.78, 5) is 17.0. The Morgan fingerprint density at radius 1 is 0.963 bits per heavy atom. The summed E-state index contributed by atoms with van der Waals surface area (Å²) in [6, 6.07) is 19.8. The van der Waals surface area contributed by atoms with Crippen LogP contribution in [0.15, 0.2) is 65.1 Å². The van der Waals surface area contributed by atoms with Gasteiger partial charge in [0, 0.05) is 43.8 Å². The maximum atomic E-state index is 12.1. The fraction of sp³-hybridized carbons (Fsp3) is 0.318. The van der Waals surface area contributed by atoms with E-state index in [9.17, 15) is 4.79 Å². The van der Waals surface area contributed by atoms with E-state index in [0.717, 1.165) is 44.5 Å². The van der Waals surface area contributed by atoms with Gasteiger partial charge in [-0.1, -0.05) is 36.4 Å². The maximum absolute atomic E-state index is 12.1. The third kappa shape index (κ3) is 4.31. The van der Waals surface area contributed by atoms with Gasteiger partial charge in [0.2, 0.25) is 5.76 Å². The quantitative estimate of drug-likeness (QED) is 0.492. The lowest BCUT2D eigenvalue weighted by Gasteiger charge is -2.36. The molecule has 0 spiro atoms. The molecule has 3 aromatic rings. The van der Waals surface area contributed by atoms with Crippen LogP contribution in [0.1, 0.15) is 17.0 Å². The maximum Gasteiger partial charge on any atom is 0.374 e. The van der Waals surface area contributed by atoms with Gasteiger partial charge in [-0.15, -0.1) is 0 Å². The average molecular weight is 364 g/mol. The number of nitrogens with zero attached hydrogens (tertiary/aromatic N) is 2. The number of furan rings is 1. The largest absolute Gasteiger partial charge is 0.460 e. The zero-order valence-electron chi connectivity index (χ0n) is 15.3. The Hall–Kier alpha value is -2.79. The summed E-state index contributed by atoms with van der Waals surface area (Å²) in [5.74, 6) is -0.118. The van der Waals surface area contributed by atoms with E-state index < -0.39 is 0 Å². The smallest absolute Gasteiger partial charge is 0.374 e. The normalized spacial score (nSPS) is 15.2. The van der Waals surface area contributed by atoms with Crippen LogP contribution in [0.2, 0.25) is 0 Å². The van der Waals surface area contributed by atoms with E-state index in [1.165, 1.54) is 5.69 Å². The molecule has 5 heteroatoms. The molecule has 0 radical (unpaired) electrons. The van der Waals surface area contributed by atoms with Crippen molar-refractivity contribution >= 4 is 22.6 Å². The number of piperazine rings is 1. The lowest BCUT2D eigenvalue weighted by molar-refractivity contribution is 0.0454. The van der Waals surface area contributed by atoms with Crippen LogP contribution < -0.4 is 4.90 Å². The van der Waals surface area contributed by atoms with Crippen LogP contribution in [-0.4, -0.2) is 50.2 Å². The Bertz CT molecular complexity index is 850. The number of benzene rings is 2. The highest BCUT2D eigenvalue weighted by atomic mass is 16.5. The summed E-state index contributed by atoms with van der Waals surface area (Å²) in [7, 11) is 0. The summed E-state index contributed by atoms with van der Waals surface area (Å²) in [6.45, 7) is 5.48.